The highest BCUT2D eigenvalue weighted by molar-refractivity contribution is 5.98. The number of hydrogen-bond acceptors (Lipinski definition) is 7. The minimum Gasteiger partial charge on any atom is -0.472 e. The van der Waals surface area contributed by atoms with Crippen LogP contribution in [0.4, 0.5) is 5.69 Å². The van der Waals surface area contributed by atoms with Gasteiger partial charge in [-0.2, -0.15) is 0 Å². The molecule has 1 radical (unpaired) electrons. The Kier molecular flexibility index (Phi) is 11.7. The third kappa shape index (κ3) is 9.78. The highest BCUT2D eigenvalue weighted by Gasteiger charge is 2.15. The van der Waals surface area contributed by atoms with Crippen molar-refractivity contribution < 1.29 is 28.6 Å². The van der Waals surface area contributed by atoms with Gasteiger partial charge in [0.15, 0.2) is 0 Å². The molecule has 0 aliphatic carbocycles. The quantitative estimate of drug-likeness (QED) is 0.142. The number of para-hydroxylation sites is 2. The zero-order valence-electron chi connectivity index (χ0n) is 20.7. The van der Waals surface area contributed by atoms with Crippen LogP contribution in [0.1, 0.15) is 47.4 Å². The van der Waals surface area contributed by atoms with Crippen LogP contribution in [0.25, 0.3) is 0 Å². The van der Waals surface area contributed by atoms with Gasteiger partial charge < -0.3 is 25.3 Å². The summed E-state index contributed by atoms with van der Waals surface area (Å²) in [6.45, 7) is 5.15. The standard InChI is InChI=1S/C15H12O4.C14H17N2O2/c1-11(16)18-14-10-6-5-9-13(14)15(17)19-12-7-3-2-4-8-12;1-3-5-8-16-14(17)12-10-11(15)6-7-13(12)18-9-4-2/h2-10H,1H3;2,6-7,9-10H,3,5,8,15H2,1H3,(H,16,17). The number of nitrogens with one attached hydrogen (secondary N) is 1. The number of hydrogen-bond donors (Lipinski definition) is 2. The van der Waals surface area contributed by atoms with Gasteiger partial charge in [0.2, 0.25) is 6.61 Å². The average Bonchev–Trinajstić information content (AvgIpc) is 2.89. The van der Waals surface area contributed by atoms with Crippen molar-refractivity contribution in [3.05, 3.63) is 90.5 Å². The lowest BCUT2D eigenvalue weighted by molar-refractivity contribution is -0.131. The van der Waals surface area contributed by atoms with E-state index in [9.17, 15) is 14.4 Å². The van der Waals surface area contributed by atoms with Crippen LogP contribution < -0.4 is 25.3 Å². The number of nitrogen functional groups attached to an aromatic ring is 1. The highest BCUT2D eigenvalue weighted by atomic mass is 16.5. The molecule has 0 unspecified atom stereocenters. The lowest BCUT2D eigenvalue weighted by Crippen LogP contribution is -2.25. The first-order valence-corrected chi connectivity index (χ1v) is 11.5. The fraction of sp³-hybridized carbons (Fsp3) is 0.172. The SMILES string of the molecule is C#C[CH]Oc1ccc(N)cc1C(=O)NCCCC.CC(=O)Oc1ccccc1C(=O)Oc1ccccc1. The lowest BCUT2D eigenvalue weighted by Gasteiger charge is -2.10. The van der Waals surface area contributed by atoms with Crippen molar-refractivity contribution in [3.63, 3.8) is 0 Å². The molecule has 37 heavy (non-hydrogen) atoms. The predicted octanol–water partition coefficient (Wildman–Crippen LogP) is 4.80. The number of unbranched alkanes of at least 4 members (excludes halogenated alkanes) is 1. The van der Waals surface area contributed by atoms with E-state index < -0.39 is 11.9 Å². The van der Waals surface area contributed by atoms with Gasteiger partial charge in [0, 0.05) is 19.2 Å². The monoisotopic (exact) mass is 501 g/mol. The van der Waals surface area contributed by atoms with E-state index in [1.165, 1.54) is 13.5 Å². The maximum Gasteiger partial charge on any atom is 0.347 e. The molecule has 8 heteroatoms. The molecule has 0 bridgehead atoms. The van der Waals surface area contributed by atoms with Gasteiger partial charge in [-0.1, -0.05) is 49.6 Å². The summed E-state index contributed by atoms with van der Waals surface area (Å²) in [5.41, 5.74) is 6.76. The number of anilines is 1. The Bertz CT molecular complexity index is 1230. The zero-order chi connectivity index (χ0) is 27.0. The van der Waals surface area contributed by atoms with E-state index in [4.69, 9.17) is 26.4 Å². The number of rotatable bonds is 9. The van der Waals surface area contributed by atoms with Crippen molar-refractivity contribution >= 4 is 23.5 Å². The van der Waals surface area contributed by atoms with Gasteiger partial charge in [-0.15, -0.1) is 6.42 Å². The molecule has 0 aliphatic rings. The van der Waals surface area contributed by atoms with Gasteiger partial charge in [0.05, 0.1) is 5.56 Å². The summed E-state index contributed by atoms with van der Waals surface area (Å²) in [6.07, 6.45) is 7.03. The molecular weight excluding hydrogens is 472 g/mol. The summed E-state index contributed by atoms with van der Waals surface area (Å²) < 4.78 is 15.3. The van der Waals surface area contributed by atoms with Crippen molar-refractivity contribution in [3.8, 4) is 29.6 Å². The van der Waals surface area contributed by atoms with Gasteiger partial charge in [0.25, 0.3) is 5.91 Å². The molecule has 0 fully saturated rings. The largest absolute Gasteiger partial charge is 0.472 e. The first-order valence-electron chi connectivity index (χ1n) is 11.5. The van der Waals surface area contributed by atoms with E-state index in [2.05, 4.69) is 18.2 Å². The van der Waals surface area contributed by atoms with E-state index in [0.717, 1.165) is 12.8 Å². The molecule has 0 saturated carbocycles. The molecule has 1 amide bonds. The number of terminal acetylenes is 1. The summed E-state index contributed by atoms with van der Waals surface area (Å²) in [7, 11) is 0. The normalized spacial score (nSPS) is 9.65. The van der Waals surface area contributed by atoms with Gasteiger partial charge in [-0.3, -0.25) is 9.59 Å². The van der Waals surface area contributed by atoms with Crippen LogP contribution in [0.3, 0.4) is 0 Å². The Morgan fingerprint density at radius 1 is 0.946 bits per heavy atom. The van der Waals surface area contributed by atoms with Crippen molar-refractivity contribution in [2.45, 2.75) is 26.7 Å². The molecule has 0 atom stereocenters. The maximum atomic E-state index is 12.0. The van der Waals surface area contributed by atoms with Gasteiger partial charge in [-0.05, 0) is 48.9 Å². The van der Waals surface area contributed by atoms with E-state index >= 15 is 0 Å². The molecule has 3 aromatic rings. The van der Waals surface area contributed by atoms with Crippen molar-refractivity contribution in [2.75, 3.05) is 12.3 Å². The number of benzene rings is 3. The summed E-state index contributed by atoms with van der Waals surface area (Å²) in [4.78, 5) is 34.9. The molecule has 0 aliphatic heterocycles. The number of carbonyl (C=O) groups excluding carboxylic acids is 3. The van der Waals surface area contributed by atoms with Gasteiger partial charge in [0.1, 0.15) is 22.8 Å². The number of ether oxygens (including phenoxy) is 3. The number of amides is 1. The third-order valence-corrected chi connectivity index (χ3v) is 4.63. The summed E-state index contributed by atoms with van der Waals surface area (Å²) in [5, 5.41) is 2.80. The molecule has 0 aromatic heterocycles. The summed E-state index contributed by atoms with van der Waals surface area (Å²) in [6, 6.07) is 20.0. The number of nitrogens with two attached hydrogens (primary N) is 1. The van der Waals surface area contributed by atoms with Crippen LogP contribution in [0.15, 0.2) is 72.8 Å². The Morgan fingerprint density at radius 3 is 2.32 bits per heavy atom. The molecule has 3 N–H and O–H groups in total. The van der Waals surface area contributed by atoms with E-state index in [0.29, 0.717) is 29.3 Å². The fourth-order valence-electron chi connectivity index (χ4n) is 2.93. The Labute approximate surface area is 216 Å². The van der Waals surface area contributed by atoms with Crippen molar-refractivity contribution in [1.29, 1.82) is 0 Å². The maximum absolute atomic E-state index is 12.0. The second-order valence-corrected chi connectivity index (χ2v) is 7.56. The van der Waals surface area contributed by atoms with Crippen LogP contribution in [-0.2, 0) is 4.79 Å². The van der Waals surface area contributed by atoms with Crippen molar-refractivity contribution in [2.24, 2.45) is 0 Å². The van der Waals surface area contributed by atoms with Crippen LogP contribution in [0.2, 0.25) is 0 Å². The second-order valence-electron chi connectivity index (χ2n) is 7.56. The fourth-order valence-corrected chi connectivity index (χ4v) is 2.93. The Balaban J connectivity index is 0.000000261. The van der Waals surface area contributed by atoms with Crippen LogP contribution in [0, 0.1) is 19.0 Å². The molecular formula is C29H29N2O6. The minimum atomic E-state index is -0.567. The van der Waals surface area contributed by atoms with Crippen molar-refractivity contribution in [1.82, 2.24) is 5.32 Å². The van der Waals surface area contributed by atoms with Crippen LogP contribution in [0.5, 0.6) is 17.2 Å². The third-order valence-electron chi connectivity index (χ3n) is 4.63. The first kappa shape index (κ1) is 28.5. The minimum absolute atomic E-state index is 0.191. The Morgan fingerprint density at radius 2 is 1.65 bits per heavy atom. The van der Waals surface area contributed by atoms with Gasteiger partial charge in [-0.25, -0.2) is 4.79 Å². The smallest absolute Gasteiger partial charge is 0.347 e. The van der Waals surface area contributed by atoms with E-state index in [1.54, 1.807) is 66.7 Å². The molecule has 3 rings (SSSR count). The molecule has 0 spiro atoms. The second kappa shape index (κ2) is 15.3. The summed E-state index contributed by atoms with van der Waals surface area (Å²) in [5.74, 6) is 2.00. The average molecular weight is 502 g/mol. The van der Waals surface area contributed by atoms with Crippen LogP contribution in [-0.4, -0.2) is 24.4 Å². The van der Waals surface area contributed by atoms with Gasteiger partial charge >= 0.3 is 11.9 Å². The van der Waals surface area contributed by atoms with Crippen LogP contribution >= 0.6 is 0 Å². The number of carbonyl (C=O) groups is 3. The number of esters is 2. The lowest BCUT2D eigenvalue weighted by atomic mass is 10.1. The molecule has 0 saturated heterocycles. The molecule has 191 valence electrons. The first-order chi connectivity index (χ1) is 17.8. The Hall–Kier alpha value is -4.77. The van der Waals surface area contributed by atoms with E-state index in [1.807, 2.05) is 6.07 Å². The molecule has 3 aromatic carbocycles. The molecule has 8 nitrogen and oxygen atoms in total. The topological polar surface area (TPSA) is 117 Å². The predicted molar refractivity (Wildman–Crippen MR) is 141 cm³/mol. The molecule has 0 heterocycles. The highest BCUT2D eigenvalue weighted by Crippen LogP contribution is 2.22. The van der Waals surface area contributed by atoms with E-state index in [-0.39, 0.29) is 17.2 Å². The summed E-state index contributed by atoms with van der Waals surface area (Å²) >= 11 is 0. The zero-order valence-corrected chi connectivity index (χ0v) is 20.7.